The van der Waals surface area contributed by atoms with Crippen LogP contribution in [0.2, 0.25) is 0 Å². The molecule has 13 heavy (non-hydrogen) atoms. The molecule has 0 unspecified atom stereocenters. The number of fused-ring (bicyclic) bond motifs is 1. The van der Waals surface area contributed by atoms with Gasteiger partial charge in [0.25, 0.3) is 0 Å². The van der Waals surface area contributed by atoms with Crippen LogP contribution in [0.5, 0.6) is 0 Å². The molecule has 0 saturated carbocycles. The molecule has 0 fully saturated rings. The normalized spacial score (nSPS) is 10.9. The van der Waals surface area contributed by atoms with Crippen molar-refractivity contribution in [1.82, 2.24) is 0 Å². The van der Waals surface area contributed by atoms with Gasteiger partial charge in [-0.3, -0.25) is 0 Å². The zero-order valence-corrected chi connectivity index (χ0v) is 9.49. The lowest BCUT2D eigenvalue weighted by Gasteiger charge is -1.99. The second-order valence-electron chi connectivity index (χ2n) is 2.92. The first-order valence-corrected chi connectivity index (χ1v) is 5.79. The van der Waals surface area contributed by atoms with Crippen LogP contribution < -0.4 is 5.73 Å². The van der Waals surface area contributed by atoms with E-state index in [1.54, 1.807) is 11.3 Å². The third kappa shape index (κ3) is 1.77. The molecule has 1 aromatic carbocycles. The standard InChI is InChI=1S/C10H10BrNS/c11-9-6-8-3-1-2-7(4-5-12)10(8)13-9/h1-3,6H,4-5,12H2. The predicted molar refractivity (Wildman–Crippen MR) is 62.3 cm³/mol. The van der Waals surface area contributed by atoms with Gasteiger partial charge in [0, 0.05) is 4.70 Å². The van der Waals surface area contributed by atoms with Crippen LogP contribution in [-0.2, 0) is 6.42 Å². The molecular formula is C10H10BrNS. The summed E-state index contributed by atoms with van der Waals surface area (Å²) in [4.78, 5) is 0. The summed E-state index contributed by atoms with van der Waals surface area (Å²) in [6.07, 6.45) is 0.963. The highest BCUT2D eigenvalue weighted by Crippen LogP contribution is 2.32. The minimum atomic E-state index is 0.717. The molecule has 0 saturated heterocycles. The van der Waals surface area contributed by atoms with Crippen molar-refractivity contribution in [2.75, 3.05) is 6.54 Å². The summed E-state index contributed by atoms with van der Waals surface area (Å²) >= 11 is 5.28. The Morgan fingerprint density at radius 1 is 1.38 bits per heavy atom. The van der Waals surface area contributed by atoms with Crippen molar-refractivity contribution in [3.05, 3.63) is 33.6 Å². The van der Waals surface area contributed by atoms with Gasteiger partial charge in [-0.05, 0) is 45.9 Å². The van der Waals surface area contributed by atoms with Crippen LogP contribution in [0, 0.1) is 0 Å². The zero-order valence-electron chi connectivity index (χ0n) is 7.09. The van der Waals surface area contributed by atoms with Crippen LogP contribution in [0.1, 0.15) is 5.56 Å². The maximum Gasteiger partial charge on any atom is 0.0711 e. The highest BCUT2D eigenvalue weighted by molar-refractivity contribution is 9.11. The van der Waals surface area contributed by atoms with Crippen LogP contribution in [0.3, 0.4) is 0 Å². The van der Waals surface area contributed by atoms with Gasteiger partial charge in [-0.25, -0.2) is 0 Å². The maximum atomic E-state index is 5.55. The van der Waals surface area contributed by atoms with Gasteiger partial charge in [-0.15, -0.1) is 11.3 Å². The summed E-state index contributed by atoms with van der Waals surface area (Å²) in [5.74, 6) is 0. The van der Waals surface area contributed by atoms with E-state index in [9.17, 15) is 0 Å². The molecule has 1 aromatic heterocycles. The van der Waals surface area contributed by atoms with Crippen molar-refractivity contribution < 1.29 is 0 Å². The molecule has 0 aliphatic heterocycles. The number of rotatable bonds is 2. The number of benzene rings is 1. The third-order valence-electron chi connectivity index (χ3n) is 2.01. The molecular weight excluding hydrogens is 246 g/mol. The Hall–Kier alpha value is -0.380. The molecule has 3 heteroatoms. The molecule has 0 aliphatic carbocycles. The van der Waals surface area contributed by atoms with Crippen LogP contribution >= 0.6 is 27.3 Å². The number of halogens is 1. The molecule has 2 aromatic rings. The first-order chi connectivity index (χ1) is 6.31. The lowest BCUT2D eigenvalue weighted by molar-refractivity contribution is 0.979. The first-order valence-electron chi connectivity index (χ1n) is 4.18. The van der Waals surface area contributed by atoms with Crippen molar-refractivity contribution in [3.8, 4) is 0 Å². The second-order valence-corrected chi connectivity index (χ2v) is 5.36. The highest BCUT2D eigenvalue weighted by Gasteiger charge is 2.03. The van der Waals surface area contributed by atoms with E-state index in [0.717, 1.165) is 6.42 Å². The van der Waals surface area contributed by atoms with E-state index in [0.29, 0.717) is 6.54 Å². The average molecular weight is 256 g/mol. The monoisotopic (exact) mass is 255 g/mol. The van der Waals surface area contributed by atoms with E-state index in [1.165, 1.54) is 19.4 Å². The van der Waals surface area contributed by atoms with Crippen molar-refractivity contribution >= 4 is 37.4 Å². The van der Waals surface area contributed by atoms with Crippen molar-refractivity contribution in [3.63, 3.8) is 0 Å². The average Bonchev–Trinajstić information content (AvgIpc) is 2.47. The molecule has 0 spiro atoms. The van der Waals surface area contributed by atoms with Gasteiger partial charge in [0.05, 0.1) is 3.79 Å². The van der Waals surface area contributed by atoms with Gasteiger partial charge < -0.3 is 5.73 Å². The molecule has 0 bridgehead atoms. The van der Waals surface area contributed by atoms with E-state index in [2.05, 4.69) is 40.2 Å². The SMILES string of the molecule is NCCc1cccc2cc(Br)sc12. The summed E-state index contributed by atoms with van der Waals surface area (Å²) < 4.78 is 2.55. The number of nitrogens with two attached hydrogens (primary N) is 1. The largest absolute Gasteiger partial charge is 0.330 e. The molecule has 1 heterocycles. The van der Waals surface area contributed by atoms with E-state index in [-0.39, 0.29) is 0 Å². The van der Waals surface area contributed by atoms with Gasteiger partial charge in [0.15, 0.2) is 0 Å². The van der Waals surface area contributed by atoms with Gasteiger partial charge in [-0.1, -0.05) is 18.2 Å². The van der Waals surface area contributed by atoms with Gasteiger partial charge in [0.2, 0.25) is 0 Å². The number of hydrogen-bond donors (Lipinski definition) is 1. The van der Waals surface area contributed by atoms with E-state index in [1.807, 2.05) is 0 Å². The lowest BCUT2D eigenvalue weighted by atomic mass is 10.1. The van der Waals surface area contributed by atoms with Crippen LogP contribution in [-0.4, -0.2) is 6.54 Å². The predicted octanol–water partition coefficient (Wildman–Crippen LogP) is 3.17. The minimum Gasteiger partial charge on any atom is -0.330 e. The van der Waals surface area contributed by atoms with Crippen molar-refractivity contribution in [1.29, 1.82) is 0 Å². The fourth-order valence-corrected chi connectivity index (χ4v) is 3.10. The summed E-state index contributed by atoms with van der Waals surface area (Å²) in [6.45, 7) is 0.717. The summed E-state index contributed by atoms with van der Waals surface area (Å²) in [5.41, 5.74) is 6.91. The number of thiophene rings is 1. The molecule has 68 valence electrons. The summed E-state index contributed by atoms with van der Waals surface area (Å²) in [5, 5.41) is 1.31. The summed E-state index contributed by atoms with van der Waals surface area (Å²) in [7, 11) is 0. The van der Waals surface area contributed by atoms with Crippen molar-refractivity contribution in [2.45, 2.75) is 6.42 Å². The minimum absolute atomic E-state index is 0.717. The topological polar surface area (TPSA) is 26.0 Å². The van der Waals surface area contributed by atoms with Crippen LogP contribution in [0.15, 0.2) is 28.1 Å². The molecule has 0 aliphatic rings. The zero-order chi connectivity index (χ0) is 9.26. The quantitative estimate of drug-likeness (QED) is 0.877. The smallest absolute Gasteiger partial charge is 0.0711 e. The van der Waals surface area contributed by atoms with E-state index in [4.69, 9.17) is 5.73 Å². The highest BCUT2D eigenvalue weighted by atomic mass is 79.9. The first kappa shape index (κ1) is 9.19. The van der Waals surface area contributed by atoms with E-state index < -0.39 is 0 Å². The third-order valence-corrected chi connectivity index (χ3v) is 3.74. The second kappa shape index (κ2) is 3.78. The van der Waals surface area contributed by atoms with Crippen LogP contribution in [0.25, 0.3) is 10.1 Å². The Morgan fingerprint density at radius 2 is 2.23 bits per heavy atom. The Kier molecular flexibility index (Phi) is 2.67. The summed E-state index contributed by atoms with van der Waals surface area (Å²) in [6, 6.07) is 8.53. The van der Waals surface area contributed by atoms with Gasteiger partial charge in [-0.2, -0.15) is 0 Å². The molecule has 1 nitrogen and oxygen atoms in total. The molecule has 2 rings (SSSR count). The Labute approximate surface area is 89.7 Å². The molecule has 0 amide bonds. The maximum absolute atomic E-state index is 5.55. The Morgan fingerprint density at radius 3 is 3.00 bits per heavy atom. The molecule has 0 radical (unpaired) electrons. The van der Waals surface area contributed by atoms with E-state index >= 15 is 0 Å². The molecule has 2 N–H and O–H groups in total. The lowest BCUT2D eigenvalue weighted by Crippen LogP contribution is -2.02. The van der Waals surface area contributed by atoms with Crippen LogP contribution in [0.4, 0.5) is 0 Å². The fourth-order valence-electron chi connectivity index (χ4n) is 1.44. The number of hydrogen-bond acceptors (Lipinski definition) is 2. The van der Waals surface area contributed by atoms with Crippen molar-refractivity contribution in [2.24, 2.45) is 5.73 Å². The molecule has 0 atom stereocenters. The van der Waals surface area contributed by atoms with Gasteiger partial charge >= 0.3 is 0 Å². The Balaban J connectivity index is 2.60. The Bertz CT molecular complexity index is 422. The fraction of sp³-hybridized carbons (Fsp3) is 0.200. The van der Waals surface area contributed by atoms with Gasteiger partial charge in [0.1, 0.15) is 0 Å².